The first-order valence-electron chi connectivity index (χ1n) is 6.89. The van der Waals surface area contributed by atoms with Crippen LogP contribution in [-0.2, 0) is 0 Å². The van der Waals surface area contributed by atoms with Crippen molar-refractivity contribution in [3.05, 3.63) is 28.2 Å². The average molecular weight is 327 g/mol. The average Bonchev–Trinajstić information content (AvgIpc) is 2.37. The lowest BCUT2D eigenvalue weighted by atomic mass is 9.85. The molecule has 1 fully saturated rings. The SMILES string of the molecule is COc1ccc(Br)c(C(CN)N(C)CC2CCC2)c1. The van der Waals surface area contributed by atoms with Gasteiger partial charge in [-0.3, -0.25) is 4.90 Å². The van der Waals surface area contributed by atoms with Crippen LogP contribution < -0.4 is 10.5 Å². The third kappa shape index (κ3) is 3.50. The summed E-state index contributed by atoms with van der Waals surface area (Å²) < 4.78 is 6.42. The van der Waals surface area contributed by atoms with Gasteiger partial charge in [0.2, 0.25) is 0 Å². The molecule has 0 heterocycles. The Bertz CT molecular complexity index is 421. The predicted octanol–water partition coefficient (Wildman–Crippen LogP) is 3.19. The highest BCUT2D eigenvalue weighted by atomic mass is 79.9. The van der Waals surface area contributed by atoms with Crippen LogP contribution in [0.25, 0.3) is 0 Å². The van der Waals surface area contributed by atoms with Gasteiger partial charge in [0.25, 0.3) is 0 Å². The number of hydrogen-bond donors (Lipinski definition) is 1. The Balaban J connectivity index is 2.14. The van der Waals surface area contributed by atoms with Crippen LogP contribution in [0.4, 0.5) is 0 Å². The van der Waals surface area contributed by atoms with Crippen molar-refractivity contribution in [2.75, 3.05) is 27.2 Å². The lowest BCUT2D eigenvalue weighted by Crippen LogP contribution is -2.36. The number of nitrogens with two attached hydrogens (primary N) is 1. The number of ether oxygens (including phenoxy) is 1. The summed E-state index contributed by atoms with van der Waals surface area (Å²) >= 11 is 3.63. The van der Waals surface area contributed by atoms with Crippen LogP contribution in [0.1, 0.15) is 30.9 Å². The Labute approximate surface area is 124 Å². The topological polar surface area (TPSA) is 38.5 Å². The second-order valence-electron chi connectivity index (χ2n) is 5.38. The maximum atomic E-state index is 6.00. The lowest BCUT2D eigenvalue weighted by molar-refractivity contribution is 0.164. The molecule has 1 aromatic carbocycles. The molecule has 1 aliphatic rings. The molecule has 1 unspecified atom stereocenters. The minimum Gasteiger partial charge on any atom is -0.497 e. The van der Waals surface area contributed by atoms with E-state index >= 15 is 0 Å². The molecule has 0 spiro atoms. The van der Waals surface area contributed by atoms with Crippen molar-refractivity contribution in [1.29, 1.82) is 0 Å². The van der Waals surface area contributed by atoms with Crippen LogP contribution in [0, 0.1) is 5.92 Å². The molecule has 0 aliphatic heterocycles. The summed E-state index contributed by atoms with van der Waals surface area (Å²) in [6.07, 6.45) is 4.11. The molecule has 0 bridgehead atoms. The molecule has 4 heteroatoms. The zero-order valence-electron chi connectivity index (χ0n) is 11.7. The first kappa shape index (κ1) is 14.8. The van der Waals surface area contributed by atoms with Crippen molar-refractivity contribution in [3.63, 3.8) is 0 Å². The maximum Gasteiger partial charge on any atom is 0.119 e. The molecule has 2 rings (SSSR count). The van der Waals surface area contributed by atoms with Gasteiger partial charge in [-0.1, -0.05) is 22.4 Å². The van der Waals surface area contributed by atoms with E-state index in [0.717, 1.165) is 22.7 Å². The van der Waals surface area contributed by atoms with Gasteiger partial charge in [0, 0.05) is 23.6 Å². The zero-order chi connectivity index (χ0) is 13.8. The molecular weight excluding hydrogens is 304 g/mol. The summed E-state index contributed by atoms with van der Waals surface area (Å²) in [5, 5.41) is 0. The van der Waals surface area contributed by atoms with E-state index in [2.05, 4.69) is 33.9 Å². The minimum atomic E-state index is 0.241. The van der Waals surface area contributed by atoms with Crippen LogP contribution in [0.3, 0.4) is 0 Å². The summed E-state index contributed by atoms with van der Waals surface area (Å²) in [4.78, 5) is 2.38. The van der Waals surface area contributed by atoms with Gasteiger partial charge in [0.15, 0.2) is 0 Å². The van der Waals surface area contributed by atoms with E-state index in [0.29, 0.717) is 6.54 Å². The van der Waals surface area contributed by atoms with E-state index in [9.17, 15) is 0 Å². The Hall–Kier alpha value is -0.580. The largest absolute Gasteiger partial charge is 0.497 e. The highest BCUT2D eigenvalue weighted by Crippen LogP contribution is 2.33. The van der Waals surface area contributed by atoms with Crippen molar-refractivity contribution >= 4 is 15.9 Å². The van der Waals surface area contributed by atoms with Crippen molar-refractivity contribution in [2.45, 2.75) is 25.3 Å². The Morgan fingerprint density at radius 2 is 2.21 bits per heavy atom. The Morgan fingerprint density at radius 1 is 1.47 bits per heavy atom. The van der Waals surface area contributed by atoms with Crippen molar-refractivity contribution in [1.82, 2.24) is 4.90 Å². The van der Waals surface area contributed by atoms with Crippen LogP contribution in [0.2, 0.25) is 0 Å². The lowest BCUT2D eigenvalue weighted by Gasteiger charge is -2.35. The van der Waals surface area contributed by atoms with Crippen LogP contribution in [0.15, 0.2) is 22.7 Å². The van der Waals surface area contributed by atoms with Gasteiger partial charge >= 0.3 is 0 Å². The second-order valence-corrected chi connectivity index (χ2v) is 6.23. The van der Waals surface area contributed by atoms with E-state index in [4.69, 9.17) is 10.5 Å². The van der Waals surface area contributed by atoms with Crippen molar-refractivity contribution in [3.8, 4) is 5.75 Å². The van der Waals surface area contributed by atoms with Gasteiger partial charge in [-0.25, -0.2) is 0 Å². The predicted molar refractivity (Wildman–Crippen MR) is 82.5 cm³/mol. The minimum absolute atomic E-state index is 0.241. The van der Waals surface area contributed by atoms with Gasteiger partial charge < -0.3 is 10.5 Å². The molecule has 2 N–H and O–H groups in total. The van der Waals surface area contributed by atoms with E-state index in [-0.39, 0.29) is 6.04 Å². The van der Waals surface area contributed by atoms with Crippen LogP contribution in [-0.4, -0.2) is 32.1 Å². The number of methoxy groups -OCH3 is 1. The fraction of sp³-hybridized carbons (Fsp3) is 0.600. The van der Waals surface area contributed by atoms with Crippen LogP contribution >= 0.6 is 15.9 Å². The summed E-state index contributed by atoms with van der Waals surface area (Å²) in [5.41, 5.74) is 7.21. The van der Waals surface area contributed by atoms with Crippen molar-refractivity contribution < 1.29 is 4.74 Å². The molecule has 106 valence electrons. The fourth-order valence-corrected chi connectivity index (χ4v) is 3.17. The third-order valence-electron chi connectivity index (χ3n) is 4.09. The third-order valence-corrected chi connectivity index (χ3v) is 4.81. The first-order chi connectivity index (χ1) is 9.15. The van der Waals surface area contributed by atoms with E-state index < -0.39 is 0 Å². The summed E-state index contributed by atoms with van der Waals surface area (Å²) in [5.74, 6) is 1.73. The van der Waals surface area contributed by atoms with Gasteiger partial charge in [-0.15, -0.1) is 0 Å². The van der Waals surface area contributed by atoms with E-state index in [1.807, 2.05) is 12.1 Å². The summed E-state index contributed by atoms with van der Waals surface area (Å²) in [6, 6.07) is 6.32. The zero-order valence-corrected chi connectivity index (χ0v) is 13.3. The molecular formula is C15H23BrN2O. The molecule has 0 aromatic heterocycles. The highest BCUT2D eigenvalue weighted by molar-refractivity contribution is 9.10. The quantitative estimate of drug-likeness (QED) is 0.872. The molecule has 0 amide bonds. The first-order valence-corrected chi connectivity index (χ1v) is 7.68. The number of rotatable bonds is 6. The van der Waals surface area contributed by atoms with E-state index in [1.54, 1.807) is 7.11 Å². The normalized spacial score (nSPS) is 17.3. The smallest absolute Gasteiger partial charge is 0.119 e. The molecule has 1 aromatic rings. The molecule has 3 nitrogen and oxygen atoms in total. The molecule has 1 aliphatic carbocycles. The van der Waals surface area contributed by atoms with Crippen molar-refractivity contribution in [2.24, 2.45) is 11.7 Å². The van der Waals surface area contributed by atoms with Gasteiger partial charge in [0.1, 0.15) is 5.75 Å². The Kier molecular flexibility index (Phi) is 5.25. The molecule has 0 radical (unpaired) electrons. The van der Waals surface area contributed by atoms with Gasteiger partial charge in [0.05, 0.1) is 7.11 Å². The highest BCUT2D eigenvalue weighted by Gasteiger charge is 2.24. The number of halogens is 1. The molecule has 1 atom stereocenters. The number of hydrogen-bond acceptors (Lipinski definition) is 3. The number of likely N-dealkylation sites (N-methyl/N-ethyl adjacent to an activating group) is 1. The van der Waals surface area contributed by atoms with E-state index in [1.165, 1.54) is 24.8 Å². The summed E-state index contributed by atoms with van der Waals surface area (Å²) in [6.45, 7) is 1.75. The summed E-state index contributed by atoms with van der Waals surface area (Å²) in [7, 11) is 3.87. The number of nitrogens with zero attached hydrogens (tertiary/aromatic N) is 1. The molecule has 1 saturated carbocycles. The van der Waals surface area contributed by atoms with Gasteiger partial charge in [-0.2, -0.15) is 0 Å². The second kappa shape index (κ2) is 6.73. The molecule has 0 saturated heterocycles. The standard InChI is InChI=1S/C15H23BrN2O/c1-18(10-11-4-3-5-11)15(9-17)13-8-12(19-2)6-7-14(13)16/h6-8,11,15H,3-5,9-10,17H2,1-2H3. The van der Waals surface area contributed by atoms with Crippen LogP contribution in [0.5, 0.6) is 5.75 Å². The Morgan fingerprint density at radius 3 is 2.74 bits per heavy atom. The monoisotopic (exact) mass is 326 g/mol. The fourth-order valence-electron chi connectivity index (χ4n) is 2.66. The molecule has 19 heavy (non-hydrogen) atoms. The number of benzene rings is 1. The van der Waals surface area contributed by atoms with Gasteiger partial charge in [-0.05, 0) is 49.6 Å². The maximum absolute atomic E-state index is 6.00.